The van der Waals surface area contributed by atoms with Gasteiger partial charge in [0.15, 0.2) is 0 Å². The van der Waals surface area contributed by atoms with E-state index in [-0.39, 0.29) is 42.1 Å². The molecule has 0 radical (unpaired) electrons. The van der Waals surface area contributed by atoms with E-state index in [2.05, 4.69) is 104 Å². The molecular weight excluding hydrogens is 1110 g/mol. The number of fused-ring (bicyclic) bond motifs is 3. The molecule has 0 unspecified atom stereocenters. The van der Waals surface area contributed by atoms with E-state index in [9.17, 15) is 0 Å². The van der Waals surface area contributed by atoms with Crippen LogP contribution in [0.25, 0.3) is 33.5 Å². The van der Waals surface area contributed by atoms with E-state index >= 15 is 0 Å². The summed E-state index contributed by atoms with van der Waals surface area (Å²) in [5, 5.41) is 0. The van der Waals surface area contributed by atoms with Gasteiger partial charge in [-0.05, 0) is 60.8 Å². The Bertz CT molecular complexity index is 2790. The summed E-state index contributed by atoms with van der Waals surface area (Å²) in [4.78, 5) is 8.80. The van der Waals surface area contributed by atoms with Crippen LogP contribution in [0.3, 0.4) is 0 Å². The standard InChI is InChI=1S/C47H31N3O2.C6H4N.2Pt/c1-47(44-20-8-6-18-42(44)43-19-7-9-21-45(43)47)36-26-35(28-41(30-36)52-40-17-11-13-37(31-40)50-25-24-49(2)32-50)46-29-34(22-23-48-46)33-12-10-16-39(27-33)51-38-14-4-3-5-15-38;1-2-7-5-3-4-6-7;;/h3-14,16-21,23-26,29-30,32H,1-2H3;3-6H;;/q-6;-1;;+4. The van der Waals surface area contributed by atoms with Crippen molar-refractivity contribution in [3.05, 3.63) is 231 Å². The molecule has 0 saturated carbocycles. The maximum atomic E-state index is 6.63. The van der Waals surface area contributed by atoms with Crippen LogP contribution in [0.15, 0.2) is 171 Å². The zero-order chi connectivity index (χ0) is 40.2. The predicted octanol–water partition coefficient (Wildman–Crippen LogP) is 11.6. The maximum Gasteiger partial charge on any atom is 4.00 e. The molecule has 0 atom stereocenters. The molecule has 2 aromatic heterocycles. The zero-order valence-electron chi connectivity index (χ0n) is 33.0. The second kappa shape index (κ2) is 18.9. The Kier molecular flexibility index (Phi) is 13.2. The van der Waals surface area contributed by atoms with Crippen LogP contribution in [-0.4, -0.2) is 21.5 Å². The first kappa shape index (κ1) is 42.7. The van der Waals surface area contributed by atoms with Crippen LogP contribution in [0.4, 0.5) is 5.69 Å². The number of hydrogen-bond acceptors (Lipinski definition) is 5. The van der Waals surface area contributed by atoms with Crippen molar-refractivity contribution >= 4 is 5.69 Å². The van der Waals surface area contributed by atoms with Crippen molar-refractivity contribution in [3.63, 3.8) is 0 Å². The number of hydrogen-bond donors (Lipinski definition) is 0. The monoisotopic (exact) mass is 1150 g/mol. The van der Waals surface area contributed by atoms with Crippen molar-refractivity contribution in [3.8, 4) is 62.6 Å². The topological polar surface area (TPSA) is 42.8 Å². The van der Waals surface area contributed by atoms with Crippen molar-refractivity contribution < 1.29 is 51.6 Å². The van der Waals surface area contributed by atoms with Gasteiger partial charge in [-0.3, -0.25) is 11.1 Å². The van der Waals surface area contributed by atoms with Gasteiger partial charge in [-0.15, -0.1) is 59.3 Å². The van der Waals surface area contributed by atoms with Crippen molar-refractivity contribution in [2.24, 2.45) is 0 Å². The molecule has 1 aliphatic carbocycles. The van der Waals surface area contributed by atoms with Gasteiger partial charge in [-0.1, -0.05) is 72.6 Å². The molecule has 8 heteroatoms. The van der Waals surface area contributed by atoms with Crippen molar-refractivity contribution in [1.29, 1.82) is 0 Å². The molecule has 0 N–H and O–H groups in total. The zero-order valence-corrected chi connectivity index (χ0v) is 37.5. The van der Waals surface area contributed by atoms with Crippen molar-refractivity contribution in [1.82, 2.24) is 14.5 Å². The largest absolute Gasteiger partial charge is 4.00 e. The maximum absolute atomic E-state index is 6.63. The van der Waals surface area contributed by atoms with Crippen molar-refractivity contribution in [2.75, 3.05) is 11.9 Å². The molecule has 2 aliphatic rings. The average molecular weight is 1150 g/mol. The molecule has 0 bridgehead atoms. The Morgan fingerprint density at radius 2 is 1.31 bits per heavy atom. The molecule has 302 valence electrons. The van der Waals surface area contributed by atoms with Gasteiger partial charge >= 0.3 is 21.1 Å². The molecule has 0 fully saturated rings. The number of benzene rings is 6. The third kappa shape index (κ3) is 9.06. The van der Waals surface area contributed by atoms with Crippen LogP contribution in [-0.2, 0) is 47.5 Å². The fraction of sp³-hybridized carbons (Fsp3) is 0.0566. The summed E-state index contributed by atoms with van der Waals surface area (Å²) in [6.45, 7) is 4.28. The molecule has 1 aliphatic heterocycles. The fourth-order valence-electron chi connectivity index (χ4n) is 7.47. The molecule has 61 heavy (non-hydrogen) atoms. The molecule has 3 heterocycles. The van der Waals surface area contributed by atoms with Crippen LogP contribution in [0.5, 0.6) is 23.0 Å². The van der Waals surface area contributed by atoms with Crippen LogP contribution < -0.4 is 14.4 Å². The van der Waals surface area contributed by atoms with Gasteiger partial charge in [0.1, 0.15) is 0 Å². The van der Waals surface area contributed by atoms with E-state index in [1.165, 1.54) is 22.3 Å². The number of pyridine rings is 1. The number of para-hydroxylation sites is 1. The molecule has 0 amide bonds. The molecule has 0 saturated heterocycles. The quantitative estimate of drug-likeness (QED) is 0.112. The minimum Gasteiger partial charge on any atom is -0.669 e. The van der Waals surface area contributed by atoms with E-state index in [1.54, 1.807) is 23.2 Å². The Balaban J connectivity index is 0.000000569. The summed E-state index contributed by atoms with van der Waals surface area (Å²) < 4.78 is 14.2. The van der Waals surface area contributed by atoms with Crippen LogP contribution in [0.1, 0.15) is 23.6 Å². The summed E-state index contributed by atoms with van der Waals surface area (Å²) in [6.07, 6.45) is 15.8. The van der Waals surface area contributed by atoms with Crippen LogP contribution in [0, 0.1) is 49.5 Å². The molecule has 8 aromatic rings. The number of rotatable bonds is 8. The summed E-state index contributed by atoms with van der Waals surface area (Å²) in [5.74, 6) is 2.37. The second-order valence-corrected chi connectivity index (χ2v) is 14.2. The minimum absolute atomic E-state index is 0. The summed E-state index contributed by atoms with van der Waals surface area (Å²) >= 11 is 0. The molecule has 6 nitrogen and oxygen atoms in total. The summed E-state index contributed by atoms with van der Waals surface area (Å²) in [7, 11) is 1.99. The van der Waals surface area contributed by atoms with Crippen molar-refractivity contribution in [2.45, 2.75) is 12.3 Å². The van der Waals surface area contributed by atoms with Gasteiger partial charge in [0.05, 0.1) is 0 Å². The Morgan fingerprint density at radius 1 is 0.656 bits per heavy atom. The van der Waals surface area contributed by atoms with E-state index in [1.807, 2.05) is 115 Å². The van der Waals surface area contributed by atoms with E-state index in [0.717, 1.165) is 33.6 Å². The van der Waals surface area contributed by atoms with Gasteiger partial charge in [-0.25, -0.2) is 24.2 Å². The summed E-state index contributed by atoms with van der Waals surface area (Å²) in [6, 6.07) is 65.5. The second-order valence-electron chi connectivity index (χ2n) is 14.2. The third-order valence-electron chi connectivity index (χ3n) is 10.3. The van der Waals surface area contributed by atoms with Gasteiger partial charge in [0, 0.05) is 61.9 Å². The number of anilines is 1. The SMILES string of the molecule is CN1C=CN(c2[c-]c(Oc3[c-]c(-c4cc(-c5[c-]c(Oc6[c-]cccc6)ccc5)[c-]cn4)cc(C4(C)c5ccccc5-c5ccccc54)c3)ccc2)[CH-]1.[C-]#Cn1cccc1.[Pt+4].[Pt]. The Labute approximate surface area is 386 Å². The number of aromatic nitrogens is 2. The smallest absolute Gasteiger partial charge is 0.669 e. The minimum atomic E-state index is -0.460. The van der Waals surface area contributed by atoms with Gasteiger partial charge in [-0.2, -0.15) is 43.1 Å². The molecular formula is C53H35N4O2Pt2-3. The first-order valence-corrected chi connectivity index (χ1v) is 19.1. The molecule has 6 aromatic carbocycles. The van der Waals surface area contributed by atoms with Crippen LogP contribution in [0.2, 0.25) is 0 Å². The number of nitrogens with zero attached hydrogens (tertiary/aromatic N) is 4. The number of ether oxygens (including phenoxy) is 2. The predicted molar refractivity (Wildman–Crippen MR) is 230 cm³/mol. The normalized spacial score (nSPS) is 12.7. The summed E-state index contributed by atoms with van der Waals surface area (Å²) in [5.41, 5.74) is 9.63. The van der Waals surface area contributed by atoms with Gasteiger partial charge < -0.3 is 35.2 Å². The first-order valence-electron chi connectivity index (χ1n) is 19.1. The molecule has 0 spiro atoms. The molecule has 10 rings (SSSR count). The third-order valence-corrected chi connectivity index (χ3v) is 10.3. The van der Waals surface area contributed by atoms with E-state index in [0.29, 0.717) is 23.0 Å². The van der Waals surface area contributed by atoms with Crippen LogP contribution >= 0.6 is 0 Å². The first-order chi connectivity index (χ1) is 28.9. The van der Waals surface area contributed by atoms with E-state index < -0.39 is 5.41 Å². The van der Waals surface area contributed by atoms with Gasteiger partial charge in [0.25, 0.3) is 0 Å². The Hall–Kier alpha value is -6.37. The fourth-order valence-corrected chi connectivity index (χ4v) is 7.47. The Morgan fingerprint density at radius 3 is 1.98 bits per heavy atom. The average Bonchev–Trinajstić information content (AvgIpc) is 4.04. The van der Waals surface area contributed by atoms with E-state index in [4.69, 9.17) is 20.9 Å². The van der Waals surface area contributed by atoms with Gasteiger partial charge in [0.2, 0.25) is 0 Å².